The van der Waals surface area contributed by atoms with E-state index in [0.29, 0.717) is 12.3 Å². The first-order valence-electron chi connectivity index (χ1n) is 6.98. The molecule has 4 nitrogen and oxygen atoms in total. The number of hydrogen-bond acceptors (Lipinski definition) is 3. The Balaban J connectivity index is 2.99. The maximum atomic E-state index is 8.33. The predicted molar refractivity (Wildman–Crippen MR) is 73.5 cm³/mol. The normalized spacial score (nSPS) is 11.9. The van der Waals surface area contributed by atoms with Crippen LogP contribution in [0.3, 0.4) is 0 Å². The molecule has 0 saturated heterocycles. The van der Waals surface area contributed by atoms with Crippen molar-refractivity contribution >= 4 is 5.84 Å². The number of unbranched alkanes of at least 4 members (excludes halogenated alkanes) is 7. The van der Waals surface area contributed by atoms with Crippen LogP contribution in [-0.4, -0.2) is 24.1 Å². The van der Waals surface area contributed by atoms with Crippen LogP contribution >= 0.6 is 0 Å². The molecule has 0 aromatic heterocycles. The van der Waals surface area contributed by atoms with Gasteiger partial charge < -0.3 is 16.3 Å². The van der Waals surface area contributed by atoms with Crippen molar-refractivity contribution in [2.75, 3.05) is 13.1 Å². The Morgan fingerprint density at radius 1 is 1.00 bits per heavy atom. The maximum Gasteiger partial charge on any atom is 0.140 e. The van der Waals surface area contributed by atoms with Crippen LogP contribution in [0.15, 0.2) is 5.16 Å². The fraction of sp³-hybridized carbons (Fsp3) is 0.923. The van der Waals surface area contributed by atoms with E-state index < -0.39 is 0 Å². The first kappa shape index (κ1) is 16.2. The molecule has 0 radical (unpaired) electrons. The van der Waals surface area contributed by atoms with Crippen LogP contribution in [0.2, 0.25) is 0 Å². The first-order valence-corrected chi connectivity index (χ1v) is 6.98. The molecule has 0 fully saturated rings. The summed E-state index contributed by atoms with van der Waals surface area (Å²) < 4.78 is 0. The van der Waals surface area contributed by atoms with E-state index in [1.165, 1.54) is 51.4 Å². The van der Waals surface area contributed by atoms with Gasteiger partial charge in [0.2, 0.25) is 0 Å². The van der Waals surface area contributed by atoms with Gasteiger partial charge >= 0.3 is 0 Å². The summed E-state index contributed by atoms with van der Waals surface area (Å²) in [6.45, 7) is 4.08. The van der Waals surface area contributed by atoms with E-state index in [4.69, 9.17) is 10.9 Å². The zero-order chi connectivity index (χ0) is 12.8. The summed E-state index contributed by atoms with van der Waals surface area (Å²) >= 11 is 0. The average molecular weight is 243 g/mol. The van der Waals surface area contributed by atoms with Crippen LogP contribution in [0, 0.1) is 0 Å². The maximum absolute atomic E-state index is 8.33. The zero-order valence-electron chi connectivity index (χ0n) is 11.2. The van der Waals surface area contributed by atoms with Crippen molar-refractivity contribution in [2.24, 2.45) is 10.9 Å². The van der Waals surface area contributed by atoms with E-state index in [9.17, 15) is 0 Å². The Hall–Kier alpha value is -0.770. The standard InChI is InChI=1S/C13H29N3O/c1-2-3-4-5-6-7-8-9-11-15-12-10-13(14)16-17/h15,17H,2-12H2,1H3,(H2,14,16). The number of nitrogens with zero attached hydrogens (tertiary/aromatic N) is 1. The summed E-state index contributed by atoms with van der Waals surface area (Å²) in [6.07, 6.45) is 11.4. The lowest BCUT2D eigenvalue weighted by molar-refractivity contribution is 0.316. The van der Waals surface area contributed by atoms with E-state index in [0.717, 1.165) is 13.1 Å². The predicted octanol–water partition coefficient (Wildman–Crippen LogP) is 2.85. The summed E-state index contributed by atoms with van der Waals surface area (Å²) in [5, 5.41) is 14.5. The van der Waals surface area contributed by atoms with E-state index in [-0.39, 0.29) is 0 Å². The highest BCUT2D eigenvalue weighted by molar-refractivity contribution is 5.79. The molecular formula is C13H29N3O. The molecule has 0 heterocycles. The lowest BCUT2D eigenvalue weighted by Crippen LogP contribution is -2.23. The second-order valence-electron chi connectivity index (χ2n) is 4.57. The minimum Gasteiger partial charge on any atom is -0.409 e. The Morgan fingerprint density at radius 3 is 2.18 bits per heavy atom. The summed E-state index contributed by atoms with van der Waals surface area (Å²) in [5.74, 6) is 0.299. The molecule has 0 atom stereocenters. The van der Waals surface area contributed by atoms with Gasteiger partial charge in [0, 0.05) is 13.0 Å². The minimum atomic E-state index is 0.299. The molecule has 0 unspecified atom stereocenters. The third kappa shape index (κ3) is 13.2. The van der Waals surface area contributed by atoms with E-state index in [1.54, 1.807) is 0 Å². The van der Waals surface area contributed by atoms with Gasteiger partial charge in [-0.15, -0.1) is 0 Å². The lowest BCUT2D eigenvalue weighted by Gasteiger charge is -2.04. The zero-order valence-corrected chi connectivity index (χ0v) is 11.2. The quantitative estimate of drug-likeness (QED) is 0.162. The topological polar surface area (TPSA) is 70.6 Å². The third-order valence-electron chi connectivity index (χ3n) is 2.89. The van der Waals surface area contributed by atoms with Crippen LogP contribution in [0.5, 0.6) is 0 Å². The molecule has 4 heteroatoms. The van der Waals surface area contributed by atoms with Gasteiger partial charge in [0.1, 0.15) is 5.84 Å². The SMILES string of the molecule is CCCCCCCCCCNCCC(N)=NO. The molecule has 102 valence electrons. The van der Waals surface area contributed by atoms with Crippen molar-refractivity contribution in [3.8, 4) is 0 Å². The Bertz CT molecular complexity index is 184. The molecule has 0 aliphatic carbocycles. The molecule has 0 aliphatic rings. The molecular weight excluding hydrogens is 214 g/mol. The van der Waals surface area contributed by atoms with E-state index in [2.05, 4.69) is 17.4 Å². The molecule has 0 amide bonds. The fourth-order valence-corrected chi connectivity index (χ4v) is 1.78. The number of amidine groups is 1. The van der Waals surface area contributed by atoms with Gasteiger partial charge in [-0.1, -0.05) is 57.0 Å². The van der Waals surface area contributed by atoms with Gasteiger partial charge in [0.05, 0.1) is 0 Å². The average Bonchev–Trinajstić information content (AvgIpc) is 2.35. The summed E-state index contributed by atoms with van der Waals surface area (Å²) in [5.41, 5.74) is 5.35. The smallest absolute Gasteiger partial charge is 0.140 e. The van der Waals surface area contributed by atoms with Gasteiger partial charge in [-0.2, -0.15) is 0 Å². The molecule has 0 saturated carbocycles. The number of hydrogen-bond donors (Lipinski definition) is 3. The van der Waals surface area contributed by atoms with Gasteiger partial charge in [0.15, 0.2) is 0 Å². The lowest BCUT2D eigenvalue weighted by atomic mass is 10.1. The van der Waals surface area contributed by atoms with Gasteiger partial charge in [0.25, 0.3) is 0 Å². The molecule has 0 spiro atoms. The van der Waals surface area contributed by atoms with E-state index in [1.807, 2.05) is 0 Å². The van der Waals surface area contributed by atoms with Crippen LogP contribution in [-0.2, 0) is 0 Å². The summed E-state index contributed by atoms with van der Waals surface area (Å²) in [6, 6.07) is 0. The Kier molecular flexibility index (Phi) is 12.7. The third-order valence-corrected chi connectivity index (χ3v) is 2.89. The van der Waals surface area contributed by atoms with Crippen molar-refractivity contribution in [1.29, 1.82) is 0 Å². The number of rotatable bonds is 12. The summed E-state index contributed by atoms with van der Waals surface area (Å²) in [7, 11) is 0. The highest BCUT2D eigenvalue weighted by Crippen LogP contribution is 2.07. The van der Waals surface area contributed by atoms with E-state index >= 15 is 0 Å². The minimum absolute atomic E-state index is 0.299. The highest BCUT2D eigenvalue weighted by atomic mass is 16.4. The van der Waals surface area contributed by atoms with Gasteiger partial charge in [-0.25, -0.2) is 0 Å². The molecule has 0 aromatic rings. The number of nitrogens with one attached hydrogen (secondary N) is 1. The van der Waals surface area contributed by atoms with Crippen molar-refractivity contribution < 1.29 is 5.21 Å². The molecule has 17 heavy (non-hydrogen) atoms. The van der Waals surface area contributed by atoms with Crippen molar-refractivity contribution in [2.45, 2.75) is 64.7 Å². The molecule has 0 aliphatic heterocycles. The Labute approximate surface area is 106 Å². The van der Waals surface area contributed by atoms with Crippen molar-refractivity contribution in [3.05, 3.63) is 0 Å². The molecule has 0 bridgehead atoms. The highest BCUT2D eigenvalue weighted by Gasteiger charge is 1.94. The first-order chi connectivity index (χ1) is 8.31. The van der Waals surface area contributed by atoms with Crippen molar-refractivity contribution in [1.82, 2.24) is 5.32 Å². The van der Waals surface area contributed by atoms with Crippen LogP contribution in [0.1, 0.15) is 64.7 Å². The van der Waals surface area contributed by atoms with Gasteiger partial charge in [-0.05, 0) is 13.0 Å². The summed E-state index contributed by atoms with van der Waals surface area (Å²) in [4.78, 5) is 0. The molecule has 0 rings (SSSR count). The van der Waals surface area contributed by atoms with Gasteiger partial charge in [-0.3, -0.25) is 0 Å². The monoisotopic (exact) mass is 243 g/mol. The Morgan fingerprint density at radius 2 is 1.59 bits per heavy atom. The second kappa shape index (κ2) is 13.3. The molecule has 4 N–H and O–H groups in total. The fourth-order valence-electron chi connectivity index (χ4n) is 1.78. The second-order valence-corrected chi connectivity index (χ2v) is 4.57. The van der Waals surface area contributed by atoms with Crippen LogP contribution < -0.4 is 11.1 Å². The number of nitrogens with two attached hydrogens (primary N) is 1. The molecule has 0 aromatic carbocycles. The number of oxime groups is 1. The van der Waals surface area contributed by atoms with Crippen LogP contribution in [0.25, 0.3) is 0 Å². The van der Waals surface area contributed by atoms with Crippen LogP contribution in [0.4, 0.5) is 0 Å². The largest absolute Gasteiger partial charge is 0.409 e. The van der Waals surface area contributed by atoms with Crippen molar-refractivity contribution in [3.63, 3.8) is 0 Å².